The lowest BCUT2D eigenvalue weighted by Gasteiger charge is -2.28. The van der Waals surface area contributed by atoms with Crippen molar-refractivity contribution in [2.45, 2.75) is 16.7 Å². The molecule has 0 fully saturated rings. The molecule has 0 aliphatic rings. The first-order valence-corrected chi connectivity index (χ1v) is 3.87. The number of rotatable bonds is 3. The third-order valence-corrected chi connectivity index (χ3v) is 1.60. The van der Waals surface area contributed by atoms with Gasteiger partial charge in [-0.3, -0.25) is 0 Å². The molecule has 10 heavy (non-hydrogen) atoms. The van der Waals surface area contributed by atoms with Gasteiger partial charge in [0.15, 0.2) is 16.7 Å². The van der Waals surface area contributed by atoms with E-state index >= 15 is 0 Å². The summed E-state index contributed by atoms with van der Waals surface area (Å²) in [5.41, 5.74) is -3.88. The average molecular weight is 203 g/mol. The van der Waals surface area contributed by atoms with Gasteiger partial charge in [0.2, 0.25) is 0 Å². The van der Waals surface area contributed by atoms with Crippen LogP contribution in [0.15, 0.2) is 0 Å². The van der Waals surface area contributed by atoms with Gasteiger partial charge in [0.05, 0.1) is 0 Å². The molecule has 0 aromatic carbocycles. The quantitative estimate of drug-likeness (QED) is 0.260. The zero-order valence-electron chi connectivity index (χ0n) is 4.86. The zero-order chi connectivity index (χ0) is 8.31. The Balaban J connectivity index is 3.98. The fourth-order valence-corrected chi connectivity index (χ4v) is 1.43. The van der Waals surface area contributed by atoms with Crippen LogP contribution in [-0.4, -0.2) is 36.9 Å². The maximum Gasteiger partial charge on any atom is 0.158 e. The highest BCUT2D eigenvalue weighted by Crippen LogP contribution is 2.13. The Morgan fingerprint density at radius 1 is 0.800 bits per heavy atom. The van der Waals surface area contributed by atoms with Crippen molar-refractivity contribution < 1.29 is 15.3 Å². The molecule has 0 spiro atoms. The van der Waals surface area contributed by atoms with Crippen LogP contribution in [0.3, 0.4) is 0 Å². The lowest BCUT2D eigenvalue weighted by atomic mass is 10.8. The van der Waals surface area contributed by atoms with Crippen LogP contribution in [-0.2, 0) is 0 Å². The maximum atomic E-state index is 8.73. The predicted octanol–water partition coefficient (Wildman–Crippen LogP) is -1.09. The minimum absolute atomic E-state index is 0.759. The van der Waals surface area contributed by atoms with Gasteiger partial charge in [0.1, 0.15) is 0 Å². The Bertz CT molecular complexity index is 80.0. The SMILES string of the molecule is OC(S)N(C(O)S)C(O)S. The smallest absolute Gasteiger partial charge is 0.158 e. The van der Waals surface area contributed by atoms with Crippen LogP contribution in [0, 0.1) is 0 Å². The van der Waals surface area contributed by atoms with Crippen molar-refractivity contribution in [3.05, 3.63) is 0 Å². The Morgan fingerprint density at radius 3 is 1.00 bits per heavy atom. The van der Waals surface area contributed by atoms with E-state index in [-0.39, 0.29) is 0 Å². The number of aliphatic hydroxyl groups excluding tert-OH is 3. The predicted molar refractivity (Wildman–Crippen MR) is 46.8 cm³/mol. The zero-order valence-corrected chi connectivity index (χ0v) is 7.55. The monoisotopic (exact) mass is 203 g/mol. The van der Waals surface area contributed by atoms with E-state index in [4.69, 9.17) is 15.3 Å². The summed E-state index contributed by atoms with van der Waals surface area (Å²) in [4.78, 5) is 0.759. The Morgan fingerprint density at radius 2 is 1.00 bits per heavy atom. The second kappa shape index (κ2) is 4.70. The van der Waals surface area contributed by atoms with Crippen LogP contribution in [0.2, 0.25) is 0 Å². The van der Waals surface area contributed by atoms with Gasteiger partial charge in [0, 0.05) is 0 Å². The van der Waals surface area contributed by atoms with E-state index in [2.05, 4.69) is 37.9 Å². The Hall–Kier alpha value is 0.890. The standard InChI is InChI=1S/C3H9NO3S3/c5-1(8)4(2(6)9)3(7)10/h1-3,5-10H. The van der Waals surface area contributed by atoms with Crippen molar-refractivity contribution in [2.24, 2.45) is 0 Å². The summed E-state index contributed by atoms with van der Waals surface area (Å²) in [7, 11) is 0. The highest BCUT2D eigenvalue weighted by Gasteiger charge is 2.22. The van der Waals surface area contributed by atoms with Gasteiger partial charge in [-0.15, -0.1) is 37.9 Å². The molecular weight excluding hydrogens is 194 g/mol. The van der Waals surface area contributed by atoms with Crippen molar-refractivity contribution >= 4 is 37.9 Å². The minimum atomic E-state index is -1.29. The second-order valence-electron chi connectivity index (χ2n) is 1.49. The second-order valence-corrected chi connectivity index (χ2v) is 2.87. The van der Waals surface area contributed by atoms with Crippen LogP contribution < -0.4 is 0 Å². The number of aliphatic hydroxyl groups is 3. The highest BCUT2D eigenvalue weighted by atomic mass is 32.1. The van der Waals surface area contributed by atoms with Gasteiger partial charge in [-0.2, -0.15) is 4.90 Å². The molecule has 3 N–H and O–H groups in total. The van der Waals surface area contributed by atoms with Crippen LogP contribution in [0.1, 0.15) is 0 Å². The third kappa shape index (κ3) is 3.33. The molecule has 3 unspecified atom stereocenters. The summed E-state index contributed by atoms with van der Waals surface area (Å²) in [5, 5.41) is 26.2. The summed E-state index contributed by atoms with van der Waals surface area (Å²) < 4.78 is 0. The van der Waals surface area contributed by atoms with Gasteiger partial charge >= 0.3 is 0 Å². The topological polar surface area (TPSA) is 63.9 Å². The Kier molecular flexibility index (Phi) is 5.12. The summed E-state index contributed by atoms with van der Waals surface area (Å²) in [6.07, 6.45) is 0. The van der Waals surface area contributed by atoms with E-state index in [1.165, 1.54) is 0 Å². The summed E-state index contributed by atoms with van der Waals surface area (Å²) in [6, 6.07) is 0. The minimum Gasteiger partial charge on any atom is -0.369 e. The molecule has 7 heteroatoms. The molecule has 4 nitrogen and oxygen atoms in total. The maximum absolute atomic E-state index is 8.73. The molecule has 62 valence electrons. The van der Waals surface area contributed by atoms with E-state index in [0.717, 1.165) is 4.90 Å². The van der Waals surface area contributed by atoms with E-state index in [1.54, 1.807) is 0 Å². The number of nitrogens with zero attached hydrogens (tertiary/aromatic N) is 1. The number of hydrogen-bond donors (Lipinski definition) is 6. The molecule has 0 aliphatic heterocycles. The van der Waals surface area contributed by atoms with E-state index < -0.39 is 16.7 Å². The summed E-state index contributed by atoms with van der Waals surface area (Å²) in [5.74, 6) is 0. The lowest BCUT2D eigenvalue weighted by Crippen LogP contribution is -2.42. The van der Waals surface area contributed by atoms with E-state index in [1.807, 2.05) is 0 Å². The van der Waals surface area contributed by atoms with E-state index in [9.17, 15) is 0 Å². The molecule has 0 aromatic heterocycles. The van der Waals surface area contributed by atoms with Crippen molar-refractivity contribution in [2.75, 3.05) is 0 Å². The highest BCUT2D eigenvalue weighted by molar-refractivity contribution is 7.82. The lowest BCUT2D eigenvalue weighted by molar-refractivity contribution is -0.0750. The average Bonchev–Trinajstić information content (AvgIpc) is 1.59. The molecule has 0 bridgehead atoms. The molecule has 0 rings (SSSR count). The summed E-state index contributed by atoms with van der Waals surface area (Å²) in [6.45, 7) is 0. The van der Waals surface area contributed by atoms with Crippen molar-refractivity contribution in [1.82, 2.24) is 4.90 Å². The molecular formula is C3H9NO3S3. The van der Waals surface area contributed by atoms with Crippen LogP contribution in [0.25, 0.3) is 0 Å². The van der Waals surface area contributed by atoms with Crippen LogP contribution in [0.4, 0.5) is 0 Å². The molecule has 0 aliphatic carbocycles. The molecule has 0 aromatic rings. The largest absolute Gasteiger partial charge is 0.369 e. The van der Waals surface area contributed by atoms with Gasteiger partial charge in [-0.1, -0.05) is 0 Å². The summed E-state index contributed by atoms with van der Waals surface area (Å²) >= 11 is 10.6. The fraction of sp³-hybridized carbons (Fsp3) is 1.00. The number of thiol groups is 3. The van der Waals surface area contributed by atoms with Gasteiger partial charge in [0.25, 0.3) is 0 Å². The van der Waals surface area contributed by atoms with Crippen LogP contribution >= 0.6 is 37.9 Å². The first kappa shape index (κ1) is 10.9. The van der Waals surface area contributed by atoms with E-state index in [0.29, 0.717) is 0 Å². The molecule has 0 radical (unpaired) electrons. The third-order valence-electron chi connectivity index (χ3n) is 0.800. The molecule has 0 saturated carbocycles. The Labute approximate surface area is 75.1 Å². The van der Waals surface area contributed by atoms with Crippen molar-refractivity contribution in [3.63, 3.8) is 0 Å². The van der Waals surface area contributed by atoms with Gasteiger partial charge < -0.3 is 15.3 Å². The molecule has 0 saturated heterocycles. The fourth-order valence-electron chi connectivity index (χ4n) is 0.358. The van der Waals surface area contributed by atoms with Crippen molar-refractivity contribution in [1.29, 1.82) is 0 Å². The van der Waals surface area contributed by atoms with Gasteiger partial charge in [-0.25, -0.2) is 0 Å². The normalized spacial score (nSPS) is 20.7. The van der Waals surface area contributed by atoms with Gasteiger partial charge in [-0.05, 0) is 0 Å². The molecule has 0 amide bonds. The first-order chi connectivity index (χ1) is 4.46. The first-order valence-electron chi connectivity index (χ1n) is 2.32. The van der Waals surface area contributed by atoms with Crippen molar-refractivity contribution in [3.8, 4) is 0 Å². The number of hydrogen-bond acceptors (Lipinski definition) is 7. The van der Waals surface area contributed by atoms with Crippen LogP contribution in [0.5, 0.6) is 0 Å². The molecule has 0 heterocycles. The molecule has 3 atom stereocenters.